The zero-order valence-corrected chi connectivity index (χ0v) is 30.9. The van der Waals surface area contributed by atoms with Gasteiger partial charge in [-0.25, -0.2) is 0 Å². The SMILES string of the molecule is c1ccc2c(c1)ccc1sc3c(-c4ccc(N(c5ccc(-c6cccc7c6oc6ccccc67)cc5)c5cccc6oc7ccccc7c56)cc4)cccc3c12. The lowest BCUT2D eigenvalue weighted by Gasteiger charge is -2.26. The van der Waals surface area contributed by atoms with Crippen molar-refractivity contribution in [1.29, 1.82) is 0 Å². The van der Waals surface area contributed by atoms with Crippen molar-refractivity contribution < 1.29 is 8.83 Å². The molecule has 0 aliphatic rings. The molecule has 262 valence electrons. The van der Waals surface area contributed by atoms with E-state index in [1.807, 2.05) is 35.6 Å². The van der Waals surface area contributed by atoms with Gasteiger partial charge >= 0.3 is 0 Å². The minimum atomic E-state index is 0.863. The number of hydrogen-bond acceptors (Lipinski definition) is 4. The molecule has 12 aromatic rings. The summed E-state index contributed by atoms with van der Waals surface area (Å²) in [6.45, 7) is 0. The molecule has 0 fully saturated rings. The lowest BCUT2D eigenvalue weighted by Crippen LogP contribution is -2.10. The third-order valence-corrected chi connectivity index (χ3v) is 12.5. The number of nitrogens with zero attached hydrogens (tertiary/aromatic N) is 1. The normalized spacial score (nSPS) is 11.9. The Kier molecular flexibility index (Phi) is 6.80. The number of rotatable bonds is 5. The van der Waals surface area contributed by atoms with Gasteiger partial charge in [-0.1, -0.05) is 133 Å². The Morgan fingerprint density at radius 3 is 1.75 bits per heavy atom. The first kappa shape index (κ1) is 31.2. The minimum absolute atomic E-state index is 0.863. The fourth-order valence-electron chi connectivity index (χ4n) is 8.72. The second-order valence-corrected chi connectivity index (χ2v) is 15.5. The molecule has 0 saturated heterocycles. The highest BCUT2D eigenvalue weighted by molar-refractivity contribution is 7.26. The highest BCUT2D eigenvalue weighted by atomic mass is 32.1. The molecule has 3 nitrogen and oxygen atoms in total. The maximum absolute atomic E-state index is 6.42. The van der Waals surface area contributed by atoms with Crippen molar-refractivity contribution in [2.45, 2.75) is 0 Å². The summed E-state index contributed by atoms with van der Waals surface area (Å²) in [6, 6.07) is 67.1. The van der Waals surface area contributed by atoms with Gasteiger partial charge in [0.2, 0.25) is 0 Å². The van der Waals surface area contributed by atoms with E-state index < -0.39 is 0 Å². The van der Waals surface area contributed by atoms with E-state index >= 15 is 0 Å². The second-order valence-electron chi connectivity index (χ2n) is 14.4. The van der Waals surface area contributed by atoms with E-state index in [9.17, 15) is 0 Å². The fraction of sp³-hybridized carbons (Fsp3) is 0. The van der Waals surface area contributed by atoms with Gasteiger partial charge in [-0.3, -0.25) is 0 Å². The van der Waals surface area contributed by atoms with E-state index in [1.54, 1.807) is 0 Å². The number of benzene rings is 9. The molecule has 0 spiro atoms. The van der Waals surface area contributed by atoms with E-state index in [2.05, 4.69) is 169 Å². The van der Waals surface area contributed by atoms with E-state index in [0.29, 0.717) is 0 Å². The molecule has 4 heteroatoms. The molecule has 3 heterocycles. The Morgan fingerprint density at radius 1 is 0.375 bits per heavy atom. The van der Waals surface area contributed by atoms with Gasteiger partial charge in [0.25, 0.3) is 0 Å². The van der Waals surface area contributed by atoms with Crippen molar-refractivity contribution >= 4 is 103 Å². The van der Waals surface area contributed by atoms with Crippen LogP contribution in [0, 0.1) is 0 Å². The summed E-state index contributed by atoms with van der Waals surface area (Å²) in [7, 11) is 0. The van der Waals surface area contributed by atoms with E-state index in [1.165, 1.54) is 42.1 Å². The molecule has 12 rings (SSSR count). The zero-order valence-electron chi connectivity index (χ0n) is 30.1. The molecule has 0 aliphatic carbocycles. The minimum Gasteiger partial charge on any atom is -0.456 e. The highest BCUT2D eigenvalue weighted by Gasteiger charge is 2.21. The Hall–Kier alpha value is -7.14. The summed E-state index contributed by atoms with van der Waals surface area (Å²) in [6.07, 6.45) is 0. The summed E-state index contributed by atoms with van der Waals surface area (Å²) in [4.78, 5) is 2.35. The third kappa shape index (κ3) is 4.70. The number of para-hydroxylation sites is 3. The van der Waals surface area contributed by atoms with E-state index in [4.69, 9.17) is 8.83 Å². The Morgan fingerprint density at radius 2 is 0.964 bits per heavy atom. The van der Waals surface area contributed by atoms with Gasteiger partial charge in [-0.2, -0.15) is 0 Å². The zero-order chi connectivity index (χ0) is 36.7. The molecule has 0 saturated carbocycles. The monoisotopic (exact) mass is 733 g/mol. The third-order valence-electron chi connectivity index (χ3n) is 11.3. The number of hydrogen-bond donors (Lipinski definition) is 0. The molecule has 0 aliphatic heterocycles. The topological polar surface area (TPSA) is 29.5 Å². The molecule has 3 aromatic heterocycles. The summed E-state index contributed by atoms with van der Waals surface area (Å²) in [5, 5.41) is 9.67. The average molecular weight is 734 g/mol. The Labute approximate surface area is 325 Å². The van der Waals surface area contributed by atoms with Crippen LogP contribution in [0.3, 0.4) is 0 Å². The van der Waals surface area contributed by atoms with Crippen LogP contribution in [0.4, 0.5) is 17.1 Å². The molecule has 56 heavy (non-hydrogen) atoms. The van der Waals surface area contributed by atoms with Crippen LogP contribution in [0.15, 0.2) is 197 Å². The Balaban J connectivity index is 1.01. The quantitative estimate of drug-likeness (QED) is 0.176. The predicted octanol–water partition coefficient (Wildman–Crippen LogP) is 15.8. The van der Waals surface area contributed by atoms with Crippen molar-refractivity contribution in [3.63, 3.8) is 0 Å². The van der Waals surface area contributed by atoms with E-state index in [-0.39, 0.29) is 0 Å². The lowest BCUT2D eigenvalue weighted by molar-refractivity contribution is 0.669. The highest BCUT2D eigenvalue weighted by Crippen LogP contribution is 2.46. The van der Waals surface area contributed by atoms with Gasteiger partial charge in [0, 0.05) is 53.3 Å². The first-order valence-corrected chi connectivity index (χ1v) is 19.7. The van der Waals surface area contributed by atoms with Crippen LogP contribution < -0.4 is 4.90 Å². The van der Waals surface area contributed by atoms with Gasteiger partial charge in [-0.05, 0) is 82.1 Å². The molecule has 0 atom stereocenters. The lowest BCUT2D eigenvalue weighted by atomic mass is 9.99. The van der Waals surface area contributed by atoms with Crippen molar-refractivity contribution in [3.05, 3.63) is 188 Å². The first-order valence-electron chi connectivity index (χ1n) is 18.9. The molecular formula is C52H31NO2S. The Bertz CT molecular complexity index is 3480. The first-order chi connectivity index (χ1) is 27.8. The van der Waals surface area contributed by atoms with Crippen LogP contribution in [0.25, 0.3) is 97.1 Å². The van der Waals surface area contributed by atoms with Crippen molar-refractivity contribution in [2.24, 2.45) is 0 Å². The maximum atomic E-state index is 6.42. The van der Waals surface area contributed by atoms with Crippen LogP contribution in [0.5, 0.6) is 0 Å². The van der Waals surface area contributed by atoms with Crippen LogP contribution >= 0.6 is 11.3 Å². The molecule has 0 radical (unpaired) electrons. The average Bonchev–Trinajstić information content (AvgIpc) is 3.96. The fourth-order valence-corrected chi connectivity index (χ4v) is 9.97. The van der Waals surface area contributed by atoms with Crippen molar-refractivity contribution in [2.75, 3.05) is 4.90 Å². The largest absolute Gasteiger partial charge is 0.456 e. The van der Waals surface area contributed by atoms with E-state index in [0.717, 1.165) is 72.1 Å². The van der Waals surface area contributed by atoms with Gasteiger partial charge < -0.3 is 13.7 Å². The standard InChI is InChI=1S/C52H31NO2S/c1-2-11-37-32(10-1)26-31-48-49(37)43-17-8-15-39(52(43)56-48)34-24-29-36(30-25-34)53(44-18-9-21-47-50(44)42-13-4-6-20-46(42)54-47)35-27-22-33(23-28-35)38-14-7-16-41-40-12-3-5-19-45(40)55-51(38)41/h1-31H. The molecule has 0 amide bonds. The summed E-state index contributed by atoms with van der Waals surface area (Å²) in [5.74, 6) is 0. The van der Waals surface area contributed by atoms with Gasteiger partial charge in [0.15, 0.2) is 0 Å². The maximum Gasteiger partial charge on any atom is 0.143 e. The van der Waals surface area contributed by atoms with Crippen molar-refractivity contribution in [3.8, 4) is 22.3 Å². The smallest absolute Gasteiger partial charge is 0.143 e. The molecule has 0 unspecified atom stereocenters. The van der Waals surface area contributed by atoms with Gasteiger partial charge in [0.1, 0.15) is 22.3 Å². The van der Waals surface area contributed by atoms with Crippen LogP contribution in [0.1, 0.15) is 0 Å². The van der Waals surface area contributed by atoms with Gasteiger partial charge in [0.05, 0.1) is 11.1 Å². The van der Waals surface area contributed by atoms with Crippen LogP contribution in [0.2, 0.25) is 0 Å². The van der Waals surface area contributed by atoms with Crippen molar-refractivity contribution in [1.82, 2.24) is 0 Å². The predicted molar refractivity (Wildman–Crippen MR) is 237 cm³/mol. The number of fused-ring (bicyclic) bond motifs is 11. The molecule has 9 aromatic carbocycles. The molecule has 0 bridgehead atoms. The number of anilines is 3. The molecule has 0 N–H and O–H groups in total. The van der Waals surface area contributed by atoms with Crippen LogP contribution in [-0.4, -0.2) is 0 Å². The van der Waals surface area contributed by atoms with Gasteiger partial charge in [-0.15, -0.1) is 11.3 Å². The summed E-state index contributed by atoms with van der Waals surface area (Å²) >= 11 is 1.88. The molecular weight excluding hydrogens is 703 g/mol. The number of thiophene rings is 1. The second kappa shape index (κ2) is 12.2. The summed E-state index contributed by atoms with van der Waals surface area (Å²) in [5.41, 5.74) is 11.3. The number of furan rings is 2. The van der Waals surface area contributed by atoms with Crippen LogP contribution in [-0.2, 0) is 0 Å². The summed E-state index contributed by atoms with van der Waals surface area (Å²) < 4.78 is 15.4.